The number of hydrogen-bond acceptors (Lipinski definition) is 4. The summed E-state index contributed by atoms with van der Waals surface area (Å²) in [7, 11) is 1.24. The monoisotopic (exact) mass is 269 g/mol. The largest absolute Gasteiger partial charge is 0.508 e. The second kappa shape index (κ2) is 4.80. The van der Waals surface area contributed by atoms with Gasteiger partial charge in [0.1, 0.15) is 11.8 Å². The maximum absolute atomic E-state index is 11.3. The molecule has 0 saturated carbocycles. The second-order valence-electron chi connectivity index (χ2n) is 2.72. The standard InChI is InChI=1S/C10H8BrNO3/c1-15-10(14)6-2-3-9(13)7(4-11)8(6)5-12/h2-3,13H,4H2,1H3. The fourth-order valence-corrected chi connectivity index (χ4v) is 1.75. The molecule has 0 unspecified atom stereocenters. The van der Waals surface area contributed by atoms with Crippen LogP contribution in [0.5, 0.6) is 5.75 Å². The van der Waals surface area contributed by atoms with Crippen LogP contribution >= 0.6 is 15.9 Å². The Morgan fingerprint density at radius 1 is 1.67 bits per heavy atom. The maximum Gasteiger partial charge on any atom is 0.339 e. The van der Waals surface area contributed by atoms with Crippen molar-refractivity contribution in [3.63, 3.8) is 0 Å². The van der Waals surface area contributed by atoms with E-state index in [0.29, 0.717) is 10.9 Å². The van der Waals surface area contributed by atoms with E-state index in [4.69, 9.17) is 5.26 Å². The zero-order valence-electron chi connectivity index (χ0n) is 7.95. The van der Waals surface area contributed by atoms with E-state index in [0.717, 1.165) is 0 Å². The molecule has 5 heteroatoms. The lowest BCUT2D eigenvalue weighted by atomic mass is 10.0. The molecule has 0 heterocycles. The van der Waals surface area contributed by atoms with E-state index < -0.39 is 5.97 Å². The highest BCUT2D eigenvalue weighted by Gasteiger charge is 2.17. The minimum atomic E-state index is -0.589. The van der Waals surface area contributed by atoms with Crippen LogP contribution in [-0.2, 0) is 10.1 Å². The normalized spacial score (nSPS) is 9.40. The summed E-state index contributed by atoms with van der Waals surface area (Å²) in [5, 5.41) is 18.7. The van der Waals surface area contributed by atoms with Crippen LogP contribution in [0.1, 0.15) is 21.5 Å². The summed E-state index contributed by atoms with van der Waals surface area (Å²) >= 11 is 3.14. The highest BCUT2D eigenvalue weighted by molar-refractivity contribution is 9.08. The molecular weight excluding hydrogens is 262 g/mol. The quantitative estimate of drug-likeness (QED) is 0.658. The Balaban J connectivity index is 3.43. The molecule has 1 aromatic carbocycles. The van der Waals surface area contributed by atoms with Gasteiger partial charge in [-0.05, 0) is 12.1 Å². The summed E-state index contributed by atoms with van der Waals surface area (Å²) in [6.45, 7) is 0. The van der Waals surface area contributed by atoms with Crippen LogP contribution in [0.25, 0.3) is 0 Å². The maximum atomic E-state index is 11.3. The third-order valence-corrected chi connectivity index (χ3v) is 2.50. The highest BCUT2D eigenvalue weighted by Crippen LogP contribution is 2.26. The van der Waals surface area contributed by atoms with Crippen molar-refractivity contribution in [3.8, 4) is 11.8 Å². The number of carbonyl (C=O) groups excluding carboxylic acids is 1. The van der Waals surface area contributed by atoms with Gasteiger partial charge in [-0.15, -0.1) is 0 Å². The van der Waals surface area contributed by atoms with Crippen LogP contribution in [0.15, 0.2) is 12.1 Å². The van der Waals surface area contributed by atoms with Crippen molar-refractivity contribution in [2.45, 2.75) is 5.33 Å². The van der Waals surface area contributed by atoms with Crippen LogP contribution in [0.3, 0.4) is 0 Å². The average molecular weight is 270 g/mol. The van der Waals surface area contributed by atoms with Gasteiger partial charge in [0.05, 0.1) is 18.2 Å². The molecule has 0 atom stereocenters. The van der Waals surface area contributed by atoms with Crippen molar-refractivity contribution in [1.29, 1.82) is 5.26 Å². The molecule has 1 rings (SSSR count). The third kappa shape index (κ3) is 2.10. The van der Waals surface area contributed by atoms with Crippen molar-refractivity contribution in [2.24, 2.45) is 0 Å². The first-order valence-electron chi connectivity index (χ1n) is 4.05. The molecule has 15 heavy (non-hydrogen) atoms. The number of esters is 1. The number of carbonyl (C=O) groups is 1. The number of nitrogens with zero attached hydrogens (tertiary/aromatic N) is 1. The first kappa shape index (κ1) is 11.5. The highest BCUT2D eigenvalue weighted by atomic mass is 79.9. The molecule has 0 fully saturated rings. The van der Waals surface area contributed by atoms with E-state index in [2.05, 4.69) is 20.7 Å². The van der Waals surface area contributed by atoms with Gasteiger partial charge < -0.3 is 9.84 Å². The van der Waals surface area contributed by atoms with Gasteiger partial charge in [0, 0.05) is 10.9 Å². The predicted molar refractivity (Wildman–Crippen MR) is 56.8 cm³/mol. The van der Waals surface area contributed by atoms with Crippen molar-refractivity contribution in [3.05, 3.63) is 28.8 Å². The Kier molecular flexibility index (Phi) is 3.69. The van der Waals surface area contributed by atoms with Crippen molar-refractivity contribution in [2.75, 3.05) is 7.11 Å². The van der Waals surface area contributed by atoms with E-state index in [9.17, 15) is 9.90 Å². The molecular formula is C10H8BrNO3. The Morgan fingerprint density at radius 2 is 2.33 bits per heavy atom. The molecule has 0 saturated heterocycles. The van der Waals surface area contributed by atoms with Gasteiger partial charge >= 0.3 is 5.97 Å². The number of halogens is 1. The van der Waals surface area contributed by atoms with Crippen LogP contribution in [0.2, 0.25) is 0 Å². The van der Waals surface area contributed by atoms with Gasteiger partial charge in [0.25, 0.3) is 0 Å². The van der Waals surface area contributed by atoms with E-state index in [-0.39, 0.29) is 16.9 Å². The zero-order chi connectivity index (χ0) is 11.4. The lowest BCUT2D eigenvalue weighted by Crippen LogP contribution is -2.06. The molecule has 0 aliphatic rings. The molecule has 4 nitrogen and oxygen atoms in total. The first-order valence-corrected chi connectivity index (χ1v) is 5.17. The number of phenols is 1. The number of hydrogen-bond donors (Lipinski definition) is 1. The average Bonchev–Trinajstić information content (AvgIpc) is 2.27. The lowest BCUT2D eigenvalue weighted by Gasteiger charge is -2.07. The van der Waals surface area contributed by atoms with Crippen molar-refractivity contribution >= 4 is 21.9 Å². The minimum absolute atomic E-state index is 0.0175. The third-order valence-electron chi connectivity index (χ3n) is 1.94. The van der Waals surface area contributed by atoms with Gasteiger partial charge in [-0.2, -0.15) is 5.26 Å². The zero-order valence-corrected chi connectivity index (χ0v) is 9.54. The Labute approximate surface area is 95.2 Å². The Bertz CT molecular complexity index is 437. The van der Waals surface area contributed by atoms with Crippen molar-refractivity contribution in [1.82, 2.24) is 0 Å². The van der Waals surface area contributed by atoms with Gasteiger partial charge in [0.2, 0.25) is 0 Å². The van der Waals surface area contributed by atoms with E-state index in [1.165, 1.54) is 19.2 Å². The number of phenolic OH excluding ortho intramolecular Hbond substituents is 1. The van der Waals surface area contributed by atoms with Crippen molar-refractivity contribution < 1.29 is 14.6 Å². The summed E-state index contributed by atoms with van der Waals surface area (Å²) in [5.41, 5.74) is 0.686. The first-order chi connectivity index (χ1) is 7.15. The second-order valence-corrected chi connectivity index (χ2v) is 3.28. The Morgan fingerprint density at radius 3 is 2.80 bits per heavy atom. The summed E-state index contributed by atoms with van der Waals surface area (Å²) in [6, 6.07) is 4.61. The number of methoxy groups -OCH3 is 1. The summed E-state index contributed by atoms with van der Waals surface area (Å²) < 4.78 is 4.53. The van der Waals surface area contributed by atoms with Crippen LogP contribution in [0.4, 0.5) is 0 Å². The van der Waals surface area contributed by atoms with E-state index in [1.54, 1.807) is 0 Å². The fourth-order valence-electron chi connectivity index (χ4n) is 1.18. The summed E-state index contributed by atoms with van der Waals surface area (Å²) in [5.74, 6) is -0.607. The molecule has 0 aliphatic heterocycles. The number of alkyl halides is 1. The number of aromatic hydroxyl groups is 1. The minimum Gasteiger partial charge on any atom is -0.508 e. The van der Waals surface area contributed by atoms with Gasteiger partial charge in [-0.3, -0.25) is 0 Å². The van der Waals surface area contributed by atoms with E-state index >= 15 is 0 Å². The molecule has 0 spiro atoms. The summed E-state index contributed by atoms with van der Waals surface area (Å²) in [6.07, 6.45) is 0. The van der Waals surface area contributed by atoms with Crippen LogP contribution in [-0.4, -0.2) is 18.2 Å². The molecule has 0 radical (unpaired) electrons. The Hall–Kier alpha value is -1.54. The topological polar surface area (TPSA) is 70.3 Å². The molecule has 1 N–H and O–H groups in total. The van der Waals surface area contributed by atoms with Gasteiger partial charge in [-0.1, -0.05) is 15.9 Å². The lowest BCUT2D eigenvalue weighted by molar-refractivity contribution is 0.0600. The SMILES string of the molecule is COC(=O)c1ccc(O)c(CBr)c1C#N. The number of benzene rings is 1. The van der Waals surface area contributed by atoms with Gasteiger partial charge in [0.15, 0.2) is 0 Å². The summed E-state index contributed by atoms with van der Waals surface area (Å²) in [4.78, 5) is 11.3. The fraction of sp³-hybridized carbons (Fsp3) is 0.200. The molecule has 1 aromatic rings. The predicted octanol–water partition coefficient (Wildman–Crippen LogP) is 1.95. The number of nitriles is 1. The molecule has 0 aromatic heterocycles. The smallest absolute Gasteiger partial charge is 0.339 e. The molecule has 0 amide bonds. The van der Waals surface area contributed by atoms with Gasteiger partial charge in [-0.25, -0.2) is 4.79 Å². The molecule has 78 valence electrons. The van der Waals surface area contributed by atoms with Crippen LogP contribution in [0, 0.1) is 11.3 Å². The van der Waals surface area contributed by atoms with Crippen LogP contribution < -0.4 is 0 Å². The number of ether oxygens (including phenoxy) is 1. The number of rotatable bonds is 2. The molecule has 0 aliphatic carbocycles. The van der Waals surface area contributed by atoms with E-state index in [1.807, 2.05) is 6.07 Å². The molecule has 0 bridgehead atoms.